The Hall–Kier alpha value is -4.12. The molecule has 11 heteroatoms. The highest BCUT2D eigenvalue weighted by molar-refractivity contribution is 5.91. The van der Waals surface area contributed by atoms with Gasteiger partial charge in [0.1, 0.15) is 5.82 Å². The Morgan fingerprint density at radius 3 is 2.53 bits per heavy atom. The van der Waals surface area contributed by atoms with E-state index in [1.54, 1.807) is 35.4 Å². The van der Waals surface area contributed by atoms with Gasteiger partial charge in [-0.15, -0.1) is 0 Å². The third kappa shape index (κ3) is 6.94. The van der Waals surface area contributed by atoms with Gasteiger partial charge in [-0.3, -0.25) is 10.3 Å². The summed E-state index contributed by atoms with van der Waals surface area (Å²) in [5.41, 5.74) is 15.9. The number of urea groups is 1. The smallest absolute Gasteiger partial charge is 0.412 e. The van der Waals surface area contributed by atoms with Crippen LogP contribution in [0, 0.1) is 6.92 Å². The van der Waals surface area contributed by atoms with Crippen LogP contribution in [0.3, 0.4) is 0 Å². The minimum absolute atomic E-state index is 0.147. The molecule has 1 fully saturated rings. The van der Waals surface area contributed by atoms with Crippen LogP contribution in [-0.2, 0) is 4.74 Å². The van der Waals surface area contributed by atoms with Crippen molar-refractivity contribution >= 4 is 34.9 Å². The van der Waals surface area contributed by atoms with Crippen LogP contribution in [0.2, 0.25) is 0 Å². The molecule has 1 aliphatic heterocycles. The highest BCUT2D eigenvalue weighted by Gasteiger charge is 2.18. The van der Waals surface area contributed by atoms with Crippen molar-refractivity contribution in [3.05, 3.63) is 59.7 Å². The number of aryl methyl sites for hydroxylation is 1. The van der Waals surface area contributed by atoms with Gasteiger partial charge in [0.25, 0.3) is 0 Å². The molecule has 182 valence electrons. The number of allylic oxidation sites excluding steroid dienone is 2. The number of hydrogen-bond acceptors (Lipinski definition) is 8. The van der Waals surface area contributed by atoms with E-state index >= 15 is 0 Å². The quantitative estimate of drug-likeness (QED) is 0.416. The molecule has 0 aromatic carbocycles. The minimum atomic E-state index is -0.627. The van der Waals surface area contributed by atoms with E-state index in [2.05, 4.69) is 25.3 Å². The number of ether oxygens (including phenoxy) is 1. The summed E-state index contributed by atoms with van der Waals surface area (Å²) in [6.45, 7) is 3.34. The molecule has 0 saturated carbocycles. The molecule has 0 radical (unpaired) electrons. The maximum absolute atomic E-state index is 12.4. The van der Waals surface area contributed by atoms with Gasteiger partial charge in [-0.1, -0.05) is 0 Å². The number of aliphatic hydroxyl groups excluding tert-OH is 1. The van der Waals surface area contributed by atoms with Gasteiger partial charge in [0, 0.05) is 49.6 Å². The summed E-state index contributed by atoms with van der Waals surface area (Å²) < 4.78 is 4.59. The molecule has 0 spiro atoms. The number of aliphatic hydroxyl groups is 1. The molecule has 1 aliphatic rings. The van der Waals surface area contributed by atoms with Crippen LogP contribution in [0.4, 0.5) is 21.1 Å². The van der Waals surface area contributed by atoms with Gasteiger partial charge in [-0.25, -0.2) is 14.6 Å². The van der Waals surface area contributed by atoms with Crippen LogP contribution in [0.5, 0.6) is 0 Å². The third-order valence-corrected chi connectivity index (χ3v) is 5.04. The molecule has 0 aliphatic carbocycles. The number of carbonyl (C=O) groups is 2. The van der Waals surface area contributed by atoms with E-state index in [-0.39, 0.29) is 6.03 Å². The maximum Gasteiger partial charge on any atom is 0.412 e. The summed E-state index contributed by atoms with van der Waals surface area (Å²) in [6.07, 6.45) is 7.65. The molecule has 34 heavy (non-hydrogen) atoms. The van der Waals surface area contributed by atoms with Crippen molar-refractivity contribution in [3.63, 3.8) is 0 Å². The summed E-state index contributed by atoms with van der Waals surface area (Å²) in [5, 5.41) is 12.4. The molecule has 0 bridgehead atoms. The lowest BCUT2D eigenvalue weighted by atomic mass is 10.0. The van der Waals surface area contributed by atoms with Gasteiger partial charge in [-0.2, -0.15) is 0 Å². The molecule has 0 unspecified atom stereocenters. The van der Waals surface area contributed by atoms with E-state index in [1.807, 2.05) is 6.92 Å². The van der Waals surface area contributed by atoms with E-state index in [0.29, 0.717) is 39.6 Å². The fourth-order valence-electron chi connectivity index (χ4n) is 3.32. The molecule has 3 rings (SSSR count). The highest BCUT2D eigenvalue weighted by atomic mass is 16.5. The lowest BCUT2D eigenvalue weighted by molar-refractivity contribution is 0.187. The Morgan fingerprint density at radius 1 is 1.18 bits per heavy atom. The van der Waals surface area contributed by atoms with Gasteiger partial charge < -0.3 is 31.5 Å². The zero-order valence-electron chi connectivity index (χ0n) is 19.5. The number of anilines is 2. The van der Waals surface area contributed by atoms with E-state index in [0.717, 1.165) is 33.0 Å². The first-order chi connectivity index (χ1) is 16.4. The molecule has 7 N–H and O–H groups in total. The summed E-state index contributed by atoms with van der Waals surface area (Å²) in [4.78, 5) is 34.1. The third-order valence-electron chi connectivity index (χ3n) is 5.04. The Kier molecular flexibility index (Phi) is 9.84. The van der Waals surface area contributed by atoms with Crippen molar-refractivity contribution in [2.24, 2.45) is 11.5 Å². The normalized spacial score (nSPS) is 13.6. The van der Waals surface area contributed by atoms with Gasteiger partial charge in [0.05, 0.1) is 19.0 Å². The van der Waals surface area contributed by atoms with Gasteiger partial charge in [0.2, 0.25) is 0 Å². The van der Waals surface area contributed by atoms with E-state index < -0.39 is 6.09 Å². The summed E-state index contributed by atoms with van der Waals surface area (Å²) in [7, 11) is 2.27. The second kappa shape index (κ2) is 12.8. The standard InChI is InChI=1S/C22H27N7O3.CH4O/c1-14-18(11-17(13-26-14)27-21(30)29-7-3-4-8-29)19(24)9-16(12-23)15-5-6-25-20(10-15)28-22(31)32-2;1-2/h5-6,9-13H,3-4,7-8,23-24H2,1-2H3,(H,27,30)(H,25,28,31);2H,1H3/b16-12+,19-9-;. The molecule has 2 aromatic heterocycles. The molecule has 1 saturated heterocycles. The van der Waals surface area contributed by atoms with Gasteiger partial charge >= 0.3 is 12.1 Å². The van der Waals surface area contributed by atoms with Crippen molar-refractivity contribution in [2.75, 3.05) is 37.9 Å². The van der Waals surface area contributed by atoms with Crippen LogP contribution in [0.1, 0.15) is 29.7 Å². The number of carbonyl (C=O) groups excluding carboxylic acids is 2. The summed E-state index contributed by atoms with van der Waals surface area (Å²) >= 11 is 0. The summed E-state index contributed by atoms with van der Waals surface area (Å²) in [5.74, 6) is 0.310. The molecule has 0 atom stereocenters. The first-order valence-corrected chi connectivity index (χ1v) is 10.6. The Morgan fingerprint density at radius 2 is 1.88 bits per heavy atom. The fourth-order valence-corrected chi connectivity index (χ4v) is 3.32. The van der Waals surface area contributed by atoms with Crippen molar-refractivity contribution in [1.29, 1.82) is 0 Å². The average molecular weight is 470 g/mol. The lowest BCUT2D eigenvalue weighted by Gasteiger charge is -2.17. The van der Waals surface area contributed by atoms with E-state index in [9.17, 15) is 9.59 Å². The second-order valence-corrected chi connectivity index (χ2v) is 7.25. The molecule has 3 amide bonds. The van der Waals surface area contributed by atoms with Crippen molar-refractivity contribution < 1.29 is 19.4 Å². The van der Waals surface area contributed by atoms with Crippen LogP contribution in [-0.4, -0.2) is 59.4 Å². The average Bonchev–Trinajstić information content (AvgIpc) is 3.40. The number of amides is 3. The van der Waals surface area contributed by atoms with Gasteiger partial charge in [-0.05, 0) is 55.2 Å². The largest absolute Gasteiger partial charge is 0.453 e. The first kappa shape index (κ1) is 26.1. The molecule has 3 heterocycles. The number of rotatable bonds is 5. The number of nitrogens with two attached hydrogens (primary N) is 2. The number of methoxy groups -OCH3 is 1. The topological polar surface area (TPSA) is 169 Å². The van der Waals surface area contributed by atoms with Crippen molar-refractivity contribution in [3.8, 4) is 0 Å². The first-order valence-electron chi connectivity index (χ1n) is 10.6. The maximum atomic E-state index is 12.4. The van der Waals surface area contributed by atoms with Crippen LogP contribution < -0.4 is 22.1 Å². The second-order valence-electron chi connectivity index (χ2n) is 7.25. The monoisotopic (exact) mass is 469 g/mol. The number of pyridine rings is 2. The predicted molar refractivity (Wildman–Crippen MR) is 132 cm³/mol. The van der Waals surface area contributed by atoms with Crippen LogP contribution in [0.15, 0.2) is 42.9 Å². The number of hydrogen-bond donors (Lipinski definition) is 5. The number of nitrogens with zero attached hydrogens (tertiary/aromatic N) is 3. The molecular formula is C23H31N7O4. The lowest BCUT2D eigenvalue weighted by Crippen LogP contribution is -2.32. The van der Waals surface area contributed by atoms with Crippen LogP contribution >= 0.6 is 0 Å². The number of likely N-dealkylation sites (tertiary alicyclic amines) is 1. The SMILES string of the molecule is CO.COC(=O)Nc1cc(C(/C=C(\N)c2cc(NC(=O)N3CCCC3)cnc2C)=C/N)ccn1. The Balaban J connectivity index is 0.00000199. The summed E-state index contributed by atoms with van der Waals surface area (Å²) in [6, 6.07) is 5.03. The number of aromatic nitrogens is 2. The zero-order valence-corrected chi connectivity index (χ0v) is 19.5. The van der Waals surface area contributed by atoms with Gasteiger partial charge in [0.15, 0.2) is 0 Å². The Labute approximate surface area is 198 Å². The minimum Gasteiger partial charge on any atom is -0.453 e. The van der Waals surface area contributed by atoms with E-state index in [1.165, 1.54) is 19.5 Å². The van der Waals surface area contributed by atoms with Crippen LogP contribution in [0.25, 0.3) is 11.3 Å². The molecular weight excluding hydrogens is 438 g/mol. The molecule has 2 aromatic rings. The molecule has 11 nitrogen and oxygen atoms in total. The highest BCUT2D eigenvalue weighted by Crippen LogP contribution is 2.24. The predicted octanol–water partition coefficient (Wildman–Crippen LogP) is 2.50. The van der Waals surface area contributed by atoms with Crippen molar-refractivity contribution in [2.45, 2.75) is 19.8 Å². The fraction of sp³-hybridized carbons (Fsp3) is 0.304. The zero-order chi connectivity index (χ0) is 25.1. The van der Waals surface area contributed by atoms with E-state index in [4.69, 9.17) is 16.6 Å². The van der Waals surface area contributed by atoms with Crippen molar-refractivity contribution in [1.82, 2.24) is 14.9 Å². The number of nitrogens with one attached hydrogen (secondary N) is 2. The Bertz CT molecular complexity index is 1060.